The number of carbonyl (C=O) groups is 2. The molecular weight excluding hydrogens is 605 g/mol. The number of carbonyl (C=O) groups excluding carboxylic acids is 2. The van der Waals surface area contributed by atoms with E-state index in [1.807, 2.05) is 31.7 Å². The molecule has 1 saturated carbocycles. The van der Waals surface area contributed by atoms with Crippen LogP contribution in [0.2, 0.25) is 0 Å². The lowest BCUT2D eigenvalue weighted by atomic mass is 9.79. The largest absolute Gasteiger partial charge is 0.444 e. The van der Waals surface area contributed by atoms with Crippen LogP contribution in [0.1, 0.15) is 45.5 Å². The highest BCUT2D eigenvalue weighted by atomic mass is 79.9. The van der Waals surface area contributed by atoms with Crippen molar-refractivity contribution in [2.45, 2.75) is 63.8 Å². The third-order valence-corrected chi connectivity index (χ3v) is 9.48. The Bertz CT molecular complexity index is 1580. The Balaban J connectivity index is 1.51. The number of rotatable bonds is 6. The first-order valence-corrected chi connectivity index (χ1v) is 15.3. The van der Waals surface area contributed by atoms with Crippen molar-refractivity contribution in [2.24, 2.45) is 5.92 Å². The van der Waals surface area contributed by atoms with Crippen molar-refractivity contribution in [3.05, 3.63) is 28.2 Å². The molecule has 2 aromatic heterocycles. The number of aryl methyl sites for hydroxylation is 1. The Morgan fingerprint density at radius 3 is 2.45 bits per heavy atom. The zero-order valence-corrected chi connectivity index (χ0v) is 26.9. The number of ether oxygens (including phenoxy) is 1. The van der Waals surface area contributed by atoms with Gasteiger partial charge < -0.3 is 28.9 Å². The summed E-state index contributed by atoms with van der Waals surface area (Å²) < 4.78 is 24.0. The van der Waals surface area contributed by atoms with Gasteiger partial charge >= 0.3 is 6.09 Å². The van der Waals surface area contributed by atoms with E-state index >= 15 is 4.39 Å². The second-order valence-corrected chi connectivity index (χ2v) is 14.1. The van der Waals surface area contributed by atoms with Crippen molar-refractivity contribution >= 4 is 55.7 Å². The molecule has 3 unspecified atom stereocenters. The highest BCUT2D eigenvalue weighted by molar-refractivity contribution is 9.10. The van der Waals surface area contributed by atoms with Crippen LogP contribution in [0.25, 0.3) is 21.9 Å². The van der Waals surface area contributed by atoms with Crippen LogP contribution in [0, 0.1) is 11.7 Å². The van der Waals surface area contributed by atoms with E-state index in [9.17, 15) is 9.59 Å². The van der Waals surface area contributed by atoms with Gasteiger partial charge in [-0.05, 0) is 69.4 Å². The molecule has 0 spiro atoms. The van der Waals surface area contributed by atoms with Crippen molar-refractivity contribution in [1.82, 2.24) is 29.2 Å². The lowest BCUT2D eigenvalue weighted by Crippen LogP contribution is -2.57. The third kappa shape index (κ3) is 4.80. The van der Waals surface area contributed by atoms with Gasteiger partial charge in [0.2, 0.25) is 5.91 Å². The zero-order chi connectivity index (χ0) is 30.2. The molecular formula is C30H39BrFN7O3. The molecule has 3 saturated heterocycles. The summed E-state index contributed by atoms with van der Waals surface area (Å²) in [4.78, 5) is 43.6. The molecule has 10 nitrogen and oxygen atoms in total. The smallest absolute Gasteiger partial charge is 0.410 e. The standard InChI is InChI=1S/C30H39BrFN7O3/c1-30(2,3)42-29(41)38-13-16-12-20(38)26(16)39-21(10-11-22(40)36(6)7)33-25-27(39)18-8-9-19(31)23(32)24(18)34-28(25)37-14-17(15-37)35(4)5/h8-9,16-17,20,26H,10-15H2,1-7H3. The average molecular weight is 645 g/mol. The fraction of sp³-hybridized carbons (Fsp3) is 0.600. The van der Waals surface area contributed by atoms with E-state index < -0.39 is 11.4 Å². The number of amides is 2. The van der Waals surface area contributed by atoms with Crippen LogP contribution in [0.4, 0.5) is 15.0 Å². The first kappa shape index (κ1) is 29.1. The summed E-state index contributed by atoms with van der Waals surface area (Å²) in [5.74, 6) is 1.22. The van der Waals surface area contributed by atoms with Gasteiger partial charge in [0.15, 0.2) is 11.6 Å². The maximum atomic E-state index is 15.7. The summed E-state index contributed by atoms with van der Waals surface area (Å²) >= 11 is 3.35. The second kappa shape index (κ2) is 10.3. The maximum Gasteiger partial charge on any atom is 0.410 e. The van der Waals surface area contributed by atoms with Crippen molar-refractivity contribution in [2.75, 3.05) is 52.7 Å². The lowest BCUT2D eigenvalue weighted by molar-refractivity contribution is -0.128. The summed E-state index contributed by atoms with van der Waals surface area (Å²) in [5, 5.41) is 0.673. The molecule has 226 valence electrons. The van der Waals surface area contributed by atoms with Gasteiger partial charge in [-0.3, -0.25) is 4.79 Å². The van der Waals surface area contributed by atoms with Crippen LogP contribution in [0.5, 0.6) is 0 Å². The minimum absolute atomic E-state index is 0.00955. The first-order chi connectivity index (χ1) is 19.7. The van der Waals surface area contributed by atoms with Crippen LogP contribution in [0.15, 0.2) is 16.6 Å². The lowest BCUT2D eigenvalue weighted by Gasteiger charge is -2.43. The SMILES string of the molecule is CN(C)C(=O)CCc1nc2c(N3CC(N(C)C)C3)nc3c(F)c(Br)ccc3c2n1C1C2CC1N(C(=O)OC(C)(C)C)C2. The molecule has 7 rings (SSSR count). The Morgan fingerprint density at radius 2 is 1.81 bits per heavy atom. The number of likely N-dealkylation sites (N-methyl/N-ethyl adjacent to an activating group) is 1. The Labute approximate surface area is 253 Å². The number of benzene rings is 1. The van der Waals surface area contributed by atoms with E-state index in [4.69, 9.17) is 14.7 Å². The molecule has 4 fully saturated rings. The summed E-state index contributed by atoms with van der Waals surface area (Å²) in [5.41, 5.74) is 1.21. The minimum atomic E-state index is -0.595. The minimum Gasteiger partial charge on any atom is -0.444 e. The fourth-order valence-electron chi connectivity index (χ4n) is 6.51. The normalized spacial score (nSPS) is 22.2. The van der Waals surface area contributed by atoms with Crippen molar-refractivity contribution in [1.29, 1.82) is 0 Å². The summed E-state index contributed by atoms with van der Waals surface area (Å²) in [6.07, 6.45) is 1.27. The molecule has 2 amide bonds. The fourth-order valence-corrected chi connectivity index (χ4v) is 6.83. The molecule has 5 heterocycles. The molecule has 3 aliphatic heterocycles. The molecule has 3 aromatic rings. The summed E-state index contributed by atoms with van der Waals surface area (Å²) in [6, 6.07) is 3.84. The molecule has 12 heteroatoms. The summed E-state index contributed by atoms with van der Waals surface area (Å²) in [6.45, 7) is 7.73. The molecule has 3 atom stereocenters. The van der Waals surface area contributed by atoms with Gasteiger partial charge in [-0.1, -0.05) is 0 Å². The molecule has 2 bridgehead atoms. The Kier molecular flexibility index (Phi) is 7.15. The van der Waals surface area contributed by atoms with Crippen molar-refractivity contribution in [3.63, 3.8) is 0 Å². The summed E-state index contributed by atoms with van der Waals surface area (Å²) in [7, 11) is 7.61. The third-order valence-electron chi connectivity index (χ3n) is 8.87. The number of aromatic nitrogens is 3. The molecule has 1 aromatic carbocycles. The van der Waals surface area contributed by atoms with E-state index in [-0.39, 0.29) is 35.5 Å². The predicted molar refractivity (Wildman–Crippen MR) is 163 cm³/mol. The van der Waals surface area contributed by atoms with E-state index in [0.29, 0.717) is 46.6 Å². The van der Waals surface area contributed by atoms with E-state index in [1.54, 1.807) is 25.1 Å². The monoisotopic (exact) mass is 643 g/mol. The molecule has 0 radical (unpaired) electrons. The highest BCUT2D eigenvalue weighted by Crippen LogP contribution is 2.52. The maximum absolute atomic E-state index is 15.7. The van der Waals surface area contributed by atoms with Crippen molar-refractivity contribution < 1.29 is 18.7 Å². The van der Waals surface area contributed by atoms with Gasteiger partial charge in [0.25, 0.3) is 0 Å². The van der Waals surface area contributed by atoms with E-state index in [0.717, 1.165) is 30.9 Å². The van der Waals surface area contributed by atoms with Crippen molar-refractivity contribution in [3.8, 4) is 0 Å². The predicted octanol–water partition coefficient (Wildman–Crippen LogP) is 4.44. The molecule has 0 N–H and O–H groups in total. The van der Waals surface area contributed by atoms with Gasteiger partial charge in [-0.15, -0.1) is 0 Å². The van der Waals surface area contributed by atoms with Crippen LogP contribution < -0.4 is 4.90 Å². The molecule has 4 aliphatic rings. The first-order valence-electron chi connectivity index (χ1n) is 14.5. The number of pyridine rings is 1. The topological polar surface area (TPSA) is 87.0 Å². The highest BCUT2D eigenvalue weighted by Gasteiger charge is 2.56. The van der Waals surface area contributed by atoms with Gasteiger partial charge in [0, 0.05) is 63.9 Å². The van der Waals surface area contributed by atoms with Crippen LogP contribution >= 0.6 is 15.9 Å². The average Bonchev–Trinajstić information content (AvgIpc) is 3.56. The Hall–Kier alpha value is -2.99. The van der Waals surface area contributed by atoms with Gasteiger partial charge in [0.05, 0.1) is 22.1 Å². The van der Waals surface area contributed by atoms with Crippen LogP contribution in [-0.4, -0.2) is 107 Å². The zero-order valence-electron chi connectivity index (χ0n) is 25.3. The number of halogens is 2. The van der Waals surface area contributed by atoms with Crippen LogP contribution in [0.3, 0.4) is 0 Å². The quantitative estimate of drug-likeness (QED) is 0.393. The Morgan fingerprint density at radius 1 is 1.10 bits per heavy atom. The van der Waals surface area contributed by atoms with Gasteiger partial charge in [0.1, 0.15) is 22.5 Å². The number of hydrogen-bond acceptors (Lipinski definition) is 7. The van der Waals surface area contributed by atoms with E-state index in [1.165, 1.54) is 0 Å². The molecule has 42 heavy (non-hydrogen) atoms. The number of imidazole rings is 1. The van der Waals surface area contributed by atoms with Gasteiger partial charge in [-0.25, -0.2) is 19.2 Å². The number of fused-ring (bicyclic) bond motifs is 4. The molecule has 1 aliphatic carbocycles. The number of hydrogen-bond donors (Lipinski definition) is 0. The van der Waals surface area contributed by atoms with E-state index in [2.05, 4.69) is 44.4 Å². The number of nitrogens with zero attached hydrogens (tertiary/aromatic N) is 7. The van der Waals surface area contributed by atoms with Gasteiger partial charge in [-0.2, -0.15) is 0 Å². The second-order valence-electron chi connectivity index (χ2n) is 13.3. The number of anilines is 1. The van der Waals surface area contributed by atoms with Crippen LogP contribution in [-0.2, 0) is 16.0 Å².